The maximum atomic E-state index is 11.7. The Labute approximate surface area is 96.9 Å². The summed E-state index contributed by atoms with van der Waals surface area (Å²) in [5, 5.41) is 2.93. The van der Waals surface area contributed by atoms with Crippen molar-refractivity contribution >= 4 is 5.91 Å². The quantitative estimate of drug-likeness (QED) is 0.750. The van der Waals surface area contributed by atoms with Crippen molar-refractivity contribution in [3.05, 3.63) is 0 Å². The first-order valence-corrected chi connectivity index (χ1v) is 6.35. The van der Waals surface area contributed by atoms with Crippen molar-refractivity contribution in [1.82, 2.24) is 5.32 Å². The van der Waals surface area contributed by atoms with Crippen LogP contribution in [0.5, 0.6) is 0 Å². The second-order valence-corrected chi connectivity index (χ2v) is 5.19. The molecule has 1 saturated carbocycles. The van der Waals surface area contributed by atoms with Crippen LogP contribution in [-0.2, 0) is 9.53 Å². The molecule has 0 spiro atoms. The Bertz CT molecular complexity index is 245. The fourth-order valence-corrected chi connectivity index (χ4v) is 2.33. The lowest BCUT2D eigenvalue weighted by atomic mass is 9.78. The lowest BCUT2D eigenvalue weighted by molar-refractivity contribution is -0.125. The Kier molecular flexibility index (Phi) is 3.82. The van der Waals surface area contributed by atoms with Gasteiger partial charge in [0.1, 0.15) is 0 Å². The minimum absolute atomic E-state index is 0.0867. The summed E-state index contributed by atoms with van der Waals surface area (Å²) < 4.78 is 5.53. The molecule has 1 amide bonds. The van der Waals surface area contributed by atoms with Crippen LogP contribution in [0.15, 0.2) is 0 Å². The maximum absolute atomic E-state index is 11.7. The van der Waals surface area contributed by atoms with Gasteiger partial charge in [-0.2, -0.15) is 0 Å². The molecule has 2 aliphatic rings. The van der Waals surface area contributed by atoms with Gasteiger partial charge in [-0.15, -0.1) is 0 Å². The third kappa shape index (κ3) is 3.19. The number of nitrogens with two attached hydrogens (primary N) is 1. The zero-order valence-electron chi connectivity index (χ0n) is 9.84. The van der Waals surface area contributed by atoms with Crippen LogP contribution in [0.1, 0.15) is 44.9 Å². The molecule has 1 unspecified atom stereocenters. The van der Waals surface area contributed by atoms with Gasteiger partial charge in [0, 0.05) is 18.7 Å². The summed E-state index contributed by atoms with van der Waals surface area (Å²) in [6.45, 7) is 1.43. The van der Waals surface area contributed by atoms with Crippen molar-refractivity contribution in [2.45, 2.75) is 56.6 Å². The fraction of sp³-hybridized carbons (Fsp3) is 0.917. The van der Waals surface area contributed by atoms with Crippen LogP contribution < -0.4 is 11.1 Å². The number of ether oxygens (including phenoxy) is 1. The third-order valence-electron chi connectivity index (χ3n) is 3.67. The summed E-state index contributed by atoms with van der Waals surface area (Å²) in [6.07, 6.45) is 7.21. The Balaban J connectivity index is 1.63. The highest BCUT2D eigenvalue weighted by molar-refractivity contribution is 5.76. The van der Waals surface area contributed by atoms with E-state index in [1.54, 1.807) is 0 Å². The van der Waals surface area contributed by atoms with E-state index in [2.05, 4.69) is 5.32 Å². The summed E-state index contributed by atoms with van der Waals surface area (Å²) >= 11 is 0. The van der Waals surface area contributed by atoms with E-state index >= 15 is 0 Å². The lowest BCUT2D eigenvalue weighted by Crippen LogP contribution is -2.55. The second-order valence-electron chi connectivity index (χ2n) is 5.19. The smallest absolute Gasteiger partial charge is 0.222 e. The fourth-order valence-electron chi connectivity index (χ4n) is 2.33. The molecule has 1 aliphatic heterocycles. The molecule has 0 radical (unpaired) electrons. The van der Waals surface area contributed by atoms with E-state index < -0.39 is 0 Å². The number of hydrogen-bond acceptors (Lipinski definition) is 3. The number of nitrogens with one attached hydrogen (secondary N) is 1. The molecule has 0 aromatic rings. The van der Waals surface area contributed by atoms with E-state index in [9.17, 15) is 4.79 Å². The molecule has 0 aromatic heterocycles. The molecule has 1 aliphatic carbocycles. The second kappa shape index (κ2) is 5.15. The molecule has 1 heterocycles. The monoisotopic (exact) mass is 226 g/mol. The van der Waals surface area contributed by atoms with Crippen molar-refractivity contribution in [1.29, 1.82) is 0 Å². The Morgan fingerprint density at radius 1 is 1.38 bits per heavy atom. The molecule has 1 atom stereocenters. The first-order chi connectivity index (χ1) is 7.68. The first-order valence-electron chi connectivity index (χ1n) is 6.35. The maximum Gasteiger partial charge on any atom is 0.222 e. The summed E-state index contributed by atoms with van der Waals surface area (Å²) in [5.41, 5.74) is 5.92. The van der Waals surface area contributed by atoms with Crippen molar-refractivity contribution < 1.29 is 9.53 Å². The lowest BCUT2D eigenvalue weighted by Gasteiger charge is -2.38. The van der Waals surface area contributed by atoms with Gasteiger partial charge < -0.3 is 15.8 Å². The highest BCUT2D eigenvalue weighted by Crippen LogP contribution is 2.28. The van der Waals surface area contributed by atoms with Gasteiger partial charge in [0.15, 0.2) is 0 Å². The predicted octanol–water partition coefficient (Wildman–Crippen LogP) is 0.943. The topological polar surface area (TPSA) is 64.3 Å². The standard InChI is InChI=1S/C12H22N2O2/c13-12(5-3-6-12)9-14-11(15)8-10-4-1-2-7-16-10/h10H,1-9,13H2,(H,14,15). The summed E-state index contributed by atoms with van der Waals surface area (Å²) in [6, 6.07) is 0. The highest BCUT2D eigenvalue weighted by Gasteiger charge is 2.32. The highest BCUT2D eigenvalue weighted by atomic mass is 16.5. The van der Waals surface area contributed by atoms with Crippen LogP contribution in [0.3, 0.4) is 0 Å². The van der Waals surface area contributed by atoms with Gasteiger partial charge >= 0.3 is 0 Å². The van der Waals surface area contributed by atoms with Gasteiger partial charge in [-0.3, -0.25) is 4.79 Å². The molecule has 3 N–H and O–H groups in total. The van der Waals surface area contributed by atoms with Crippen LogP contribution in [0.2, 0.25) is 0 Å². The van der Waals surface area contributed by atoms with Gasteiger partial charge in [0.2, 0.25) is 5.91 Å². The van der Waals surface area contributed by atoms with Crippen LogP contribution in [-0.4, -0.2) is 30.7 Å². The van der Waals surface area contributed by atoms with Crippen molar-refractivity contribution in [3.63, 3.8) is 0 Å². The van der Waals surface area contributed by atoms with Crippen LogP contribution >= 0.6 is 0 Å². The van der Waals surface area contributed by atoms with Crippen molar-refractivity contribution in [2.24, 2.45) is 5.73 Å². The SMILES string of the molecule is NC1(CNC(=O)CC2CCCCO2)CCC1. The Hall–Kier alpha value is -0.610. The average Bonchev–Trinajstić information content (AvgIpc) is 2.25. The molecule has 92 valence electrons. The van der Waals surface area contributed by atoms with Gasteiger partial charge in [0.25, 0.3) is 0 Å². The number of rotatable bonds is 4. The molecule has 4 nitrogen and oxygen atoms in total. The van der Waals surface area contributed by atoms with E-state index in [-0.39, 0.29) is 17.6 Å². The largest absolute Gasteiger partial charge is 0.378 e. The summed E-state index contributed by atoms with van der Waals surface area (Å²) in [4.78, 5) is 11.7. The molecule has 4 heteroatoms. The first kappa shape index (κ1) is 11.9. The third-order valence-corrected chi connectivity index (χ3v) is 3.67. The van der Waals surface area contributed by atoms with Crippen molar-refractivity contribution in [2.75, 3.05) is 13.2 Å². The minimum Gasteiger partial charge on any atom is -0.378 e. The molecular formula is C12H22N2O2. The molecule has 0 aromatic carbocycles. The number of carbonyl (C=O) groups excluding carboxylic acids is 1. The van der Waals surface area contributed by atoms with Crippen molar-refractivity contribution in [3.8, 4) is 0 Å². The van der Waals surface area contributed by atoms with Crippen LogP contribution in [0.4, 0.5) is 0 Å². The molecule has 2 rings (SSSR count). The minimum atomic E-state index is -0.122. The zero-order valence-corrected chi connectivity index (χ0v) is 9.84. The molecular weight excluding hydrogens is 204 g/mol. The number of carbonyl (C=O) groups is 1. The number of hydrogen-bond donors (Lipinski definition) is 2. The zero-order chi connectivity index (χ0) is 11.4. The number of amides is 1. The van der Waals surface area contributed by atoms with E-state index in [0.717, 1.165) is 32.3 Å². The summed E-state index contributed by atoms with van der Waals surface area (Å²) in [5.74, 6) is 0.0867. The normalized spacial score (nSPS) is 28.2. The molecule has 1 saturated heterocycles. The molecule has 16 heavy (non-hydrogen) atoms. The predicted molar refractivity (Wildman–Crippen MR) is 62.0 cm³/mol. The van der Waals surface area contributed by atoms with E-state index in [0.29, 0.717) is 13.0 Å². The Morgan fingerprint density at radius 3 is 2.75 bits per heavy atom. The average molecular weight is 226 g/mol. The van der Waals surface area contributed by atoms with Gasteiger partial charge in [0.05, 0.1) is 12.5 Å². The van der Waals surface area contributed by atoms with E-state index in [4.69, 9.17) is 10.5 Å². The molecule has 0 bridgehead atoms. The summed E-state index contributed by atoms with van der Waals surface area (Å²) in [7, 11) is 0. The van der Waals surface area contributed by atoms with Gasteiger partial charge in [-0.25, -0.2) is 0 Å². The van der Waals surface area contributed by atoms with Crippen LogP contribution in [0, 0.1) is 0 Å². The van der Waals surface area contributed by atoms with Gasteiger partial charge in [-0.1, -0.05) is 0 Å². The molecule has 2 fully saturated rings. The van der Waals surface area contributed by atoms with Gasteiger partial charge in [-0.05, 0) is 38.5 Å². The van der Waals surface area contributed by atoms with Crippen LogP contribution in [0.25, 0.3) is 0 Å². The van der Waals surface area contributed by atoms with E-state index in [1.165, 1.54) is 12.8 Å². The van der Waals surface area contributed by atoms with E-state index in [1.807, 2.05) is 0 Å². The Morgan fingerprint density at radius 2 is 2.19 bits per heavy atom.